The molecule has 0 bridgehead atoms. The van der Waals surface area contributed by atoms with Crippen LogP contribution in [0.5, 0.6) is 0 Å². The van der Waals surface area contributed by atoms with E-state index in [1.807, 2.05) is 6.08 Å². The lowest BCUT2D eigenvalue weighted by molar-refractivity contribution is -0.126. The van der Waals surface area contributed by atoms with Crippen LogP contribution >= 0.6 is 11.3 Å². The standard InChI is InChI=1S/C35H52N4O2S/c1-4-6-7-8-9-10-11-12-13-14-15-16-17-18-19-20-21-22-23-24-33(40)37-29(3)34(41)39-35-38-31-26-25-30(36-27-5-2)28-32(31)42-35/h6-7,9-10,12-13,15-16,18-19,21-22,29-30,36H,4-5,8,11,14,17,20,23-28H2,1-3H3,(H,37,40)(H,38,39,41)/b7-6-,10-9-,13-12-,16-15-,19-18-,22-21-/t29-,30+/m0/s1. The number of anilines is 1. The lowest BCUT2D eigenvalue weighted by Crippen LogP contribution is -2.41. The number of thiazole rings is 1. The summed E-state index contributed by atoms with van der Waals surface area (Å²) < 4.78 is 0. The van der Waals surface area contributed by atoms with Gasteiger partial charge in [0.1, 0.15) is 6.04 Å². The summed E-state index contributed by atoms with van der Waals surface area (Å²) in [6.07, 6.45) is 36.9. The third-order valence-electron chi connectivity index (χ3n) is 6.76. The van der Waals surface area contributed by atoms with E-state index < -0.39 is 6.04 Å². The molecule has 2 rings (SSSR count). The number of hydrogen-bond donors (Lipinski definition) is 3. The van der Waals surface area contributed by atoms with Crippen molar-refractivity contribution >= 4 is 28.3 Å². The Balaban J connectivity index is 1.53. The van der Waals surface area contributed by atoms with Gasteiger partial charge in [0.05, 0.1) is 5.69 Å². The van der Waals surface area contributed by atoms with Gasteiger partial charge in [-0.2, -0.15) is 0 Å². The molecule has 7 heteroatoms. The highest BCUT2D eigenvalue weighted by Crippen LogP contribution is 2.30. The second-order valence-corrected chi connectivity index (χ2v) is 11.6. The first-order chi connectivity index (χ1) is 20.5. The zero-order chi connectivity index (χ0) is 30.3. The predicted octanol–water partition coefficient (Wildman–Crippen LogP) is 7.92. The number of nitrogens with one attached hydrogen (secondary N) is 3. The fourth-order valence-corrected chi connectivity index (χ4v) is 5.49. The van der Waals surface area contributed by atoms with Gasteiger partial charge in [-0.3, -0.25) is 9.59 Å². The van der Waals surface area contributed by atoms with Gasteiger partial charge in [0.2, 0.25) is 11.8 Å². The van der Waals surface area contributed by atoms with Crippen LogP contribution in [0.25, 0.3) is 0 Å². The number of aromatic nitrogens is 1. The van der Waals surface area contributed by atoms with Gasteiger partial charge in [-0.25, -0.2) is 4.98 Å². The Bertz CT molecular complexity index is 1100. The summed E-state index contributed by atoms with van der Waals surface area (Å²) in [6.45, 7) is 7.06. The highest BCUT2D eigenvalue weighted by atomic mass is 32.1. The Morgan fingerprint density at radius 1 is 0.881 bits per heavy atom. The molecule has 3 N–H and O–H groups in total. The zero-order valence-electron chi connectivity index (χ0n) is 25.9. The van der Waals surface area contributed by atoms with E-state index in [2.05, 4.69) is 102 Å². The quantitative estimate of drug-likeness (QED) is 0.134. The van der Waals surface area contributed by atoms with E-state index in [0.29, 0.717) is 24.0 Å². The number of carbonyl (C=O) groups excluding carboxylic acids is 2. The molecule has 230 valence electrons. The van der Waals surface area contributed by atoms with Crippen molar-refractivity contribution in [1.82, 2.24) is 15.6 Å². The van der Waals surface area contributed by atoms with Crippen LogP contribution in [-0.2, 0) is 22.4 Å². The largest absolute Gasteiger partial charge is 0.345 e. The van der Waals surface area contributed by atoms with E-state index >= 15 is 0 Å². The number of allylic oxidation sites excluding steroid dienone is 12. The summed E-state index contributed by atoms with van der Waals surface area (Å²) in [5.74, 6) is -0.357. The molecule has 0 saturated carbocycles. The van der Waals surface area contributed by atoms with Crippen LogP contribution in [0.1, 0.15) is 95.6 Å². The maximum atomic E-state index is 12.6. The Hall–Kier alpha value is -3.03. The summed E-state index contributed by atoms with van der Waals surface area (Å²) in [5.41, 5.74) is 1.10. The molecule has 1 aromatic rings. The van der Waals surface area contributed by atoms with Crippen molar-refractivity contribution in [3.63, 3.8) is 0 Å². The molecule has 1 aliphatic rings. The van der Waals surface area contributed by atoms with Crippen LogP contribution in [0.4, 0.5) is 5.13 Å². The number of hydrogen-bond acceptors (Lipinski definition) is 5. The molecular formula is C35H52N4O2S. The van der Waals surface area contributed by atoms with Crippen molar-refractivity contribution in [3.05, 3.63) is 83.5 Å². The fraction of sp³-hybridized carbons (Fsp3) is 0.514. The smallest absolute Gasteiger partial charge is 0.248 e. The average Bonchev–Trinajstić information content (AvgIpc) is 3.38. The molecule has 0 aromatic carbocycles. The SMILES string of the molecule is CC/C=C\C/C=C\C/C=C\C/C=C\C/C=C\C/C=C\CCC(=O)N[C@@H](C)C(=O)Nc1nc2c(s1)C[C@H](NCCC)CC2. The van der Waals surface area contributed by atoms with Gasteiger partial charge < -0.3 is 16.0 Å². The van der Waals surface area contributed by atoms with E-state index in [-0.39, 0.29) is 11.8 Å². The molecule has 0 saturated heterocycles. The normalized spacial score (nSPS) is 16.5. The van der Waals surface area contributed by atoms with E-state index in [9.17, 15) is 9.59 Å². The molecule has 1 aromatic heterocycles. The second kappa shape index (κ2) is 22.6. The summed E-state index contributed by atoms with van der Waals surface area (Å²) in [5, 5.41) is 9.90. The Kier molecular flexibility index (Phi) is 18.9. The second-order valence-electron chi connectivity index (χ2n) is 10.5. The van der Waals surface area contributed by atoms with Crippen LogP contribution in [0, 0.1) is 0 Å². The minimum Gasteiger partial charge on any atom is -0.345 e. The van der Waals surface area contributed by atoms with Crippen molar-refractivity contribution in [2.75, 3.05) is 11.9 Å². The maximum Gasteiger partial charge on any atom is 0.248 e. The maximum absolute atomic E-state index is 12.6. The first kappa shape index (κ1) is 35.2. The summed E-state index contributed by atoms with van der Waals surface area (Å²) in [7, 11) is 0. The van der Waals surface area contributed by atoms with Crippen LogP contribution in [0.15, 0.2) is 72.9 Å². The van der Waals surface area contributed by atoms with E-state index in [1.165, 1.54) is 4.88 Å². The molecule has 1 aliphatic carbocycles. The zero-order valence-corrected chi connectivity index (χ0v) is 26.8. The topological polar surface area (TPSA) is 83.1 Å². The molecule has 2 atom stereocenters. The van der Waals surface area contributed by atoms with Gasteiger partial charge in [0.25, 0.3) is 0 Å². The number of rotatable bonds is 20. The molecule has 0 unspecified atom stereocenters. The number of amides is 2. The number of aryl methyl sites for hydroxylation is 1. The van der Waals surface area contributed by atoms with Gasteiger partial charge in [-0.15, -0.1) is 11.3 Å². The summed E-state index contributed by atoms with van der Waals surface area (Å²) in [4.78, 5) is 30.8. The lowest BCUT2D eigenvalue weighted by Gasteiger charge is -2.21. The van der Waals surface area contributed by atoms with Crippen molar-refractivity contribution in [2.24, 2.45) is 0 Å². The number of fused-ring (bicyclic) bond motifs is 1. The minimum absolute atomic E-state index is 0.125. The number of nitrogens with zero attached hydrogens (tertiary/aromatic N) is 1. The Morgan fingerprint density at radius 3 is 2.02 bits per heavy atom. The molecule has 0 fully saturated rings. The third kappa shape index (κ3) is 15.8. The minimum atomic E-state index is -0.609. The van der Waals surface area contributed by atoms with Gasteiger partial charge in [0, 0.05) is 17.3 Å². The Morgan fingerprint density at radius 2 is 1.45 bits per heavy atom. The molecule has 6 nitrogen and oxygen atoms in total. The van der Waals surface area contributed by atoms with E-state index in [4.69, 9.17) is 0 Å². The molecule has 42 heavy (non-hydrogen) atoms. The monoisotopic (exact) mass is 592 g/mol. The molecule has 2 amide bonds. The van der Waals surface area contributed by atoms with Gasteiger partial charge in [-0.1, -0.05) is 86.8 Å². The average molecular weight is 593 g/mol. The Labute approximate surface area is 258 Å². The highest BCUT2D eigenvalue weighted by molar-refractivity contribution is 7.15. The van der Waals surface area contributed by atoms with Crippen molar-refractivity contribution in [1.29, 1.82) is 0 Å². The van der Waals surface area contributed by atoms with Crippen LogP contribution < -0.4 is 16.0 Å². The van der Waals surface area contributed by atoms with Gasteiger partial charge >= 0.3 is 0 Å². The highest BCUT2D eigenvalue weighted by Gasteiger charge is 2.23. The van der Waals surface area contributed by atoms with E-state index in [1.54, 1.807) is 18.3 Å². The molecule has 1 heterocycles. The molecular weight excluding hydrogens is 540 g/mol. The van der Waals surface area contributed by atoms with Crippen LogP contribution in [0.2, 0.25) is 0 Å². The van der Waals surface area contributed by atoms with Crippen molar-refractivity contribution < 1.29 is 9.59 Å². The number of carbonyl (C=O) groups is 2. The van der Waals surface area contributed by atoms with Gasteiger partial charge in [-0.05, 0) is 84.1 Å². The molecule has 0 spiro atoms. The summed E-state index contributed by atoms with van der Waals surface area (Å²) in [6, 6.07) is -0.122. The van der Waals surface area contributed by atoms with Crippen molar-refractivity contribution in [3.8, 4) is 0 Å². The predicted molar refractivity (Wildman–Crippen MR) is 180 cm³/mol. The fourth-order valence-electron chi connectivity index (χ4n) is 4.40. The molecule has 0 radical (unpaired) electrons. The van der Waals surface area contributed by atoms with Crippen LogP contribution in [0.3, 0.4) is 0 Å². The third-order valence-corrected chi connectivity index (χ3v) is 7.79. The first-order valence-electron chi connectivity index (χ1n) is 15.8. The van der Waals surface area contributed by atoms with Crippen molar-refractivity contribution in [2.45, 2.75) is 110 Å². The van der Waals surface area contributed by atoms with Crippen LogP contribution in [-0.4, -0.2) is 35.4 Å². The first-order valence-corrected chi connectivity index (χ1v) is 16.6. The van der Waals surface area contributed by atoms with Gasteiger partial charge in [0.15, 0.2) is 5.13 Å². The summed E-state index contributed by atoms with van der Waals surface area (Å²) >= 11 is 1.55. The van der Waals surface area contributed by atoms with E-state index in [0.717, 1.165) is 76.4 Å². The lowest BCUT2D eigenvalue weighted by atomic mass is 9.98. The molecule has 0 aliphatic heterocycles.